The maximum absolute atomic E-state index is 11.1. The van der Waals surface area contributed by atoms with E-state index in [1.807, 2.05) is 6.08 Å². The highest BCUT2D eigenvalue weighted by molar-refractivity contribution is 5.09. The Morgan fingerprint density at radius 2 is 1.82 bits per heavy atom. The van der Waals surface area contributed by atoms with E-state index >= 15 is 0 Å². The summed E-state index contributed by atoms with van der Waals surface area (Å²) < 4.78 is 0. The highest BCUT2D eigenvalue weighted by Gasteiger charge is 2.57. The van der Waals surface area contributed by atoms with Crippen molar-refractivity contribution in [2.24, 2.45) is 22.7 Å². The zero-order valence-electron chi connectivity index (χ0n) is 15.3. The van der Waals surface area contributed by atoms with E-state index in [0.29, 0.717) is 11.3 Å². The van der Waals surface area contributed by atoms with E-state index in [4.69, 9.17) is 5.11 Å². The van der Waals surface area contributed by atoms with Gasteiger partial charge in [-0.1, -0.05) is 38.8 Å². The Bertz CT molecular complexity index is 421. The summed E-state index contributed by atoms with van der Waals surface area (Å²) in [4.78, 5) is 0. The van der Waals surface area contributed by atoms with Gasteiger partial charge in [0, 0.05) is 0 Å². The fraction of sp³-hybridized carbons (Fsp3) is 0.900. The van der Waals surface area contributed by atoms with Gasteiger partial charge in [-0.15, -0.1) is 0 Å². The van der Waals surface area contributed by atoms with Crippen LogP contribution in [0.15, 0.2) is 11.6 Å². The molecule has 0 radical (unpaired) electrons. The van der Waals surface area contributed by atoms with E-state index in [2.05, 4.69) is 34.6 Å². The standard InChI is InChI=1S/C20H36O2/c1-15(10-14-21)7-8-17-19(4)12-6-11-18(2,3)16(19)9-13-20(17,5)22/h10,16-17,21-22H,6-9,11-14H2,1-5H3/b15-10-/t16-,17-,19+,20-/m0/s1. The maximum Gasteiger partial charge on any atom is 0.0653 e. The molecule has 2 N–H and O–H groups in total. The lowest BCUT2D eigenvalue weighted by Crippen LogP contribution is -2.57. The number of hydrogen-bond acceptors (Lipinski definition) is 2. The third kappa shape index (κ3) is 3.28. The third-order valence-electron chi connectivity index (χ3n) is 7.03. The molecule has 2 nitrogen and oxygen atoms in total. The predicted molar refractivity (Wildman–Crippen MR) is 92.7 cm³/mol. The van der Waals surface area contributed by atoms with Crippen LogP contribution >= 0.6 is 0 Å². The summed E-state index contributed by atoms with van der Waals surface area (Å²) in [6.45, 7) is 11.6. The van der Waals surface area contributed by atoms with Crippen molar-refractivity contribution >= 4 is 0 Å². The van der Waals surface area contributed by atoms with E-state index in [9.17, 15) is 5.11 Å². The molecule has 0 amide bonds. The SMILES string of the molecule is C/C(=C/CO)CC[C@H]1[C@]2(C)CCCC(C)(C)[C@@H]2CC[C@]1(C)O. The highest BCUT2D eigenvalue weighted by atomic mass is 16.3. The van der Waals surface area contributed by atoms with E-state index < -0.39 is 5.60 Å². The highest BCUT2D eigenvalue weighted by Crippen LogP contribution is 2.62. The molecule has 2 saturated carbocycles. The molecule has 2 aliphatic carbocycles. The van der Waals surface area contributed by atoms with Crippen molar-refractivity contribution in [3.63, 3.8) is 0 Å². The molecule has 0 spiro atoms. The van der Waals surface area contributed by atoms with Crippen molar-refractivity contribution in [3.8, 4) is 0 Å². The number of aliphatic hydroxyl groups excluding tert-OH is 1. The maximum atomic E-state index is 11.1. The number of hydrogen-bond donors (Lipinski definition) is 2. The lowest BCUT2D eigenvalue weighted by Gasteiger charge is -2.61. The second kappa shape index (κ2) is 6.28. The summed E-state index contributed by atoms with van der Waals surface area (Å²) in [6.07, 6.45) is 9.90. The fourth-order valence-corrected chi connectivity index (χ4v) is 5.90. The first-order valence-corrected chi connectivity index (χ1v) is 9.12. The second-order valence-electron chi connectivity index (χ2n) is 9.12. The summed E-state index contributed by atoms with van der Waals surface area (Å²) in [5, 5.41) is 20.1. The van der Waals surface area contributed by atoms with Crippen LogP contribution in [0.3, 0.4) is 0 Å². The zero-order valence-corrected chi connectivity index (χ0v) is 15.3. The summed E-state index contributed by atoms with van der Waals surface area (Å²) in [5.74, 6) is 1.08. The van der Waals surface area contributed by atoms with Gasteiger partial charge in [0.1, 0.15) is 0 Å². The average Bonchev–Trinajstić information content (AvgIpc) is 2.36. The lowest BCUT2D eigenvalue weighted by atomic mass is 9.45. The van der Waals surface area contributed by atoms with Crippen molar-refractivity contribution in [3.05, 3.63) is 11.6 Å². The quantitative estimate of drug-likeness (QED) is 0.739. The van der Waals surface area contributed by atoms with E-state index in [1.54, 1.807) is 0 Å². The first-order valence-electron chi connectivity index (χ1n) is 9.12. The van der Waals surface area contributed by atoms with Gasteiger partial charge in [-0.05, 0) is 75.0 Å². The van der Waals surface area contributed by atoms with Gasteiger partial charge in [0.2, 0.25) is 0 Å². The topological polar surface area (TPSA) is 40.5 Å². The van der Waals surface area contributed by atoms with E-state index in [-0.39, 0.29) is 12.0 Å². The van der Waals surface area contributed by atoms with Crippen LogP contribution in [-0.2, 0) is 0 Å². The molecule has 0 saturated heterocycles. The Labute approximate surface area is 137 Å². The Balaban J connectivity index is 2.24. The summed E-state index contributed by atoms with van der Waals surface area (Å²) in [7, 11) is 0. The lowest BCUT2D eigenvalue weighted by molar-refractivity contribution is -0.168. The molecule has 4 atom stereocenters. The molecule has 2 rings (SSSR count). The molecule has 0 unspecified atom stereocenters. The van der Waals surface area contributed by atoms with Crippen LogP contribution in [-0.4, -0.2) is 22.4 Å². The summed E-state index contributed by atoms with van der Waals surface area (Å²) in [5.41, 5.74) is 1.36. The largest absolute Gasteiger partial charge is 0.392 e. The van der Waals surface area contributed by atoms with Crippen LogP contribution < -0.4 is 0 Å². The van der Waals surface area contributed by atoms with Crippen molar-refractivity contribution < 1.29 is 10.2 Å². The molecule has 0 bridgehead atoms. The van der Waals surface area contributed by atoms with Crippen molar-refractivity contribution in [1.29, 1.82) is 0 Å². The van der Waals surface area contributed by atoms with Crippen LogP contribution in [0.25, 0.3) is 0 Å². The average molecular weight is 309 g/mol. The minimum absolute atomic E-state index is 0.125. The third-order valence-corrected chi connectivity index (χ3v) is 7.03. The van der Waals surface area contributed by atoms with Crippen LogP contribution in [0.1, 0.15) is 79.6 Å². The number of rotatable bonds is 4. The van der Waals surface area contributed by atoms with Gasteiger partial charge < -0.3 is 10.2 Å². The molecule has 0 aromatic carbocycles. The van der Waals surface area contributed by atoms with Crippen molar-refractivity contribution in [2.45, 2.75) is 85.2 Å². The van der Waals surface area contributed by atoms with E-state index in [1.165, 1.54) is 31.3 Å². The van der Waals surface area contributed by atoms with Gasteiger partial charge in [0.15, 0.2) is 0 Å². The Morgan fingerprint density at radius 1 is 1.14 bits per heavy atom. The van der Waals surface area contributed by atoms with Crippen LogP contribution in [0.5, 0.6) is 0 Å². The van der Waals surface area contributed by atoms with Gasteiger partial charge in [-0.25, -0.2) is 0 Å². The normalized spacial score (nSPS) is 42.0. The van der Waals surface area contributed by atoms with Gasteiger partial charge >= 0.3 is 0 Å². The predicted octanol–water partition coefficient (Wildman–Crippen LogP) is 4.70. The Hall–Kier alpha value is -0.340. The van der Waals surface area contributed by atoms with Gasteiger partial charge in [0.25, 0.3) is 0 Å². The van der Waals surface area contributed by atoms with Crippen LogP contribution in [0.4, 0.5) is 0 Å². The van der Waals surface area contributed by atoms with Crippen LogP contribution in [0.2, 0.25) is 0 Å². The molecule has 0 aliphatic heterocycles. The first kappa shape index (κ1) is 18.0. The molecule has 0 heterocycles. The van der Waals surface area contributed by atoms with E-state index in [0.717, 1.165) is 25.2 Å². The molecule has 0 aromatic heterocycles. The Kier molecular flexibility index (Phi) is 5.14. The number of allylic oxidation sites excluding steroid dienone is 1. The fourth-order valence-electron chi connectivity index (χ4n) is 5.90. The second-order valence-corrected chi connectivity index (χ2v) is 9.12. The van der Waals surface area contributed by atoms with Gasteiger partial charge in [-0.3, -0.25) is 0 Å². The van der Waals surface area contributed by atoms with Crippen molar-refractivity contribution in [2.75, 3.05) is 6.61 Å². The smallest absolute Gasteiger partial charge is 0.0653 e. The molecule has 0 aromatic rings. The van der Waals surface area contributed by atoms with Gasteiger partial charge in [-0.2, -0.15) is 0 Å². The Morgan fingerprint density at radius 3 is 2.45 bits per heavy atom. The summed E-state index contributed by atoms with van der Waals surface area (Å²) in [6, 6.07) is 0. The molecular weight excluding hydrogens is 272 g/mol. The number of fused-ring (bicyclic) bond motifs is 1. The monoisotopic (exact) mass is 308 g/mol. The molecule has 128 valence electrons. The van der Waals surface area contributed by atoms with Gasteiger partial charge in [0.05, 0.1) is 12.2 Å². The zero-order chi connectivity index (χ0) is 16.6. The first-order chi connectivity index (χ1) is 10.1. The summed E-state index contributed by atoms with van der Waals surface area (Å²) >= 11 is 0. The minimum atomic E-state index is -0.543. The molecular formula is C20H36O2. The molecule has 2 aliphatic rings. The molecule has 2 heteroatoms. The van der Waals surface area contributed by atoms with Crippen LogP contribution in [0, 0.1) is 22.7 Å². The van der Waals surface area contributed by atoms with Crippen molar-refractivity contribution in [1.82, 2.24) is 0 Å². The molecule has 2 fully saturated rings. The number of aliphatic hydroxyl groups is 2. The minimum Gasteiger partial charge on any atom is -0.392 e. The molecule has 22 heavy (non-hydrogen) atoms.